The van der Waals surface area contributed by atoms with Gasteiger partial charge in [-0.3, -0.25) is 4.79 Å². The van der Waals surface area contributed by atoms with Crippen LogP contribution in [-0.2, 0) is 20.9 Å². The SMILES string of the molecule is COC(=O)c1sc(C#CC(C)(C)C)cc1N(C(=O)[C@H]1CC[C@@H](C)CC1)C1CC(OCc2ccccc2)C1. The number of anilines is 1. The second-order valence-electron chi connectivity index (χ2n) is 11.5. The van der Waals surface area contributed by atoms with Crippen molar-refractivity contribution in [2.24, 2.45) is 17.3 Å². The summed E-state index contributed by atoms with van der Waals surface area (Å²) in [7, 11) is 1.39. The van der Waals surface area contributed by atoms with Crippen molar-refractivity contribution in [3.63, 3.8) is 0 Å². The fourth-order valence-electron chi connectivity index (χ4n) is 4.98. The average Bonchev–Trinajstić information content (AvgIpc) is 3.27. The number of carbonyl (C=O) groups excluding carboxylic acids is 2. The molecule has 0 saturated heterocycles. The standard InChI is InChI=1S/C31H39NO4S/c1-21-11-13-23(14-12-21)29(33)32(24-17-25(18-24)36-20-22-9-7-6-8-10-22)27-19-26(15-16-31(2,3)4)37-28(27)30(34)35-5/h6-10,19,21,23-25H,11-14,17-18,20H2,1-5H3/t21-,23+,24?,25?. The molecule has 0 spiro atoms. The summed E-state index contributed by atoms with van der Waals surface area (Å²) in [6.07, 6.45) is 5.51. The third kappa shape index (κ3) is 7.03. The first-order valence-corrected chi connectivity index (χ1v) is 14.2. The average molecular weight is 522 g/mol. The Morgan fingerprint density at radius 3 is 2.38 bits per heavy atom. The molecule has 1 aromatic carbocycles. The van der Waals surface area contributed by atoms with Crippen molar-refractivity contribution in [1.29, 1.82) is 0 Å². The van der Waals surface area contributed by atoms with Crippen molar-refractivity contribution in [2.45, 2.75) is 85.0 Å². The fraction of sp³-hybridized carbons (Fsp3) is 0.548. The Bertz CT molecular complexity index is 1140. The first kappa shape index (κ1) is 27.4. The highest BCUT2D eigenvalue weighted by atomic mass is 32.1. The van der Waals surface area contributed by atoms with Crippen LogP contribution in [0.15, 0.2) is 36.4 Å². The highest BCUT2D eigenvalue weighted by molar-refractivity contribution is 7.15. The van der Waals surface area contributed by atoms with Crippen LogP contribution in [0, 0.1) is 29.1 Å². The van der Waals surface area contributed by atoms with Crippen LogP contribution in [0.5, 0.6) is 0 Å². The van der Waals surface area contributed by atoms with Gasteiger partial charge in [0.25, 0.3) is 0 Å². The topological polar surface area (TPSA) is 55.8 Å². The molecule has 2 saturated carbocycles. The number of hydrogen-bond acceptors (Lipinski definition) is 5. The molecule has 0 atom stereocenters. The first-order valence-electron chi connectivity index (χ1n) is 13.4. The quantitative estimate of drug-likeness (QED) is 0.296. The lowest BCUT2D eigenvalue weighted by atomic mass is 9.80. The predicted octanol–water partition coefficient (Wildman–Crippen LogP) is 6.84. The summed E-state index contributed by atoms with van der Waals surface area (Å²) in [4.78, 5) is 30.0. The highest BCUT2D eigenvalue weighted by Gasteiger charge is 2.42. The molecule has 1 aromatic heterocycles. The minimum absolute atomic E-state index is 0.00550. The van der Waals surface area contributed by atoms with E-state index in [2.05, 4.69) is 51.7 Å². The van der Waals surface area contributed by atoms with Gasteiger partial charge in [-0.15, -0.1) is 11.3 Å². The summed E-state index contributed by atoms with van der Waals surface area (Å²) >= 11 is 1.31. The Kier molecular flexibility index (Phi) is 8.77. The zero-order valence-corrected chi connectivity index (χ0v) is 23.5. The van der Waals surface area contributed by atoms with Crippen molar-refractivity contribution >= 4 is 28.9 Å². The van der Waals surface area contributed by atoms with Gasteiger partial charge in [-0.2, -0.15) is 0 Å². The Hall–Kier alpha value is -2.62. The number of thiophene rings is 1. The number of esters is 1. The molecule has 0 N–H and O–H groups in total. The number of amides is 1. The molecule has 1 amide bonds. The van der Waals surface area contributed by atoms with Crippen LogP contribution in [0.1, 0.15) is 86.3 Å². The van der Waals surface area contributed by atoms with E-state index in [1.807, 2.05) is 29.2 Å². The number of ether oxygens (including phenoxy) is 2. The van der Waals surface area contributed by atoms with Crippen LogP contribution in [0.25, 0.3) is 0 Å². The highest BCUT2D eigenvalue weighted by Crippen LogP contribution is 2.41. The van der Waals surface area contributed by atoms with E-state index < -0.39 is 5.97 Å². The minimum Gasteiger partial charge on any atom is -0.465 e. The summed E-state index contributed by atoms with van der Waals surface area (Å²) in [5.74, 6) is 6.81. The molecule has 2 aliphatic rings. The van der Waals surface area contributed by atoms with Gasteiger partial charge >= 0.3 is 5.97 Å². The van der Waals surface area contributed by atoms with Crippen molar-refractivity contribution in [3.05, 3.63) is 51.7 Å². The van der Waals surface area contributed by atoms with E-state index in [4.69, 9.17) is 9.47 Å². The summed E-state index contributed by atoms with van der Waals surface area (Å²) in [5, 5.41) is 0. The van der Waals surface area contributed by atoms with E-state index >= 15 is 0 Å². The van der Waals surface area contributed by atoms with Gasteiger partial charge in [-0.1, -0.05) is 49.1 Å². The normalized spacial score (nSPS) is 23.4. The molecule has 0 radical (unpaired) electrons. The van der Waals surface area contributed by atoms with Crippen LogP contribution < -0.4 is 4.90 Å². The molecule has 2 fully saturated rings. The molecular formula is C31H39NO4S. The molecular weight excluding hydrogens is 482 g/mol. The van der Waals surface area contributed by atoms with E-state index in [1.54, 1.807) is 0 Å². The number of carbonyl (C=O) groups is 2. The third-order valence-electron chi connectivity index (χ3n) is 7.27. The molecule has 0 bridgehead atoms. The molecule has 6 heteroatoms. The van der Waals surface area contributed by atoms with E-state index in [1.165, 1.54) is 18.4 Å². The van der Waals surface area contributed by atoms with Gasteiger partial charge in [0.15, 0.2) is 0 Å². The fourth-order valence-corrected chi connectivity index (χ4v) is 5.90. The molecule has 198 valence electrons. The van der Waals surface area contributed by atoms with Gasteiger partial charge in [0, 0.05) is 17.4 Å². The Labute approximate surface area is 225 Å². The predicted molar refractivity (Wildman–Crippen MR) is 149 cm³/mol. The summed E-state index contributed by atoms with van der Waals surface area (Å²) in [5.41, 5.74) is 1.62. The summed E-state index contributed by atoms with van der Waals surface area (Å²) < 4.78 is 11.3. The van der Waals surface area contributed by atoms with Gasteiger partial charge in [-0.25, -0.2) is 4.79 Å². The second-order valence-corrected chi connectivity index (χ2v) is 12.6. The molecule has 4 rings (SSSR count). The van der Waals surface area contributed by atoms with Crippen LogP contribution in [0.3, 0.4) is 0 Å². The molecule has 37 heavy (non-hydrogen) atoms. The lowest BCUT2D eigenvalue weighted by molar-refractivity contribution is -0.125. The zero-order chi connectivity index (χ0) is 26.6. The van der Waals surface area contributed by atoms with Gasteiger partial charge < -0.3 is 14.4 Å². The lowest BCUT2D eigenvalue weighted by Crippen LogP contribution is -2.53. The van der Waals surface area contributed by atoms with Crippen molar-refractivity contribution in [2.75, 3.05) is 12.0 Å². The minimum atomic E-state index is -0.421. The van der Waals surface area contributed by atoms with Crippen LogP contribution in [0.4, 0.5) is 5.69 Å². The number of hydrogen-bond donors (Lipinski definition) is 0. The Morgan fingerprint density at radius 2 is 1.76 bits per heavy atom. The number of rotatable bonds is 7. The zero-order valence-electron chi connectivity index (χ0n) is 22.7. The maximum absolute atomic E-state index is 14.0. The van der Waals surface area contributed by atoms with E-state index in [0.29, 0.717) is 23.1 Å². The number of nitrogens with zero attached hydrogens (tertiary/aromatic N) is 1. The van der Waals surface area contributed by atoms with Gasteiger partial charge in [-0.05, 0) is 76.8 Å². The smallest absolute Gasteiger partial charge is 0.350 e. The molecule has 0 unspecified atom stereocenters. The van der Waals surface area contributed by atoms with Crippen molar-refractivity contribution in [1.82, 2.24) is 0 Å². The van der Waals surface area contributed by atoms with E-state index in [-0.39, 0.29) is 29.4 Å². The molecule has 2 aliphatic carbocycles. The van der Waals surface area contributed by atoms with Gasteiger partial charge in [0.1, 0.15) is 4.88 Å². The molecule has 5 nitrogen and oxygen atoms in total. The molecule has 0 aliphatic heterocycles. The third-order valence-corrected chi connectivity index (χ3v) is 8.29. The van der Waals surface area contributed by atoms with Gasteiger partial charge in [0.2, 0.25) is 5.91 Å². The summed E-state index contributed by atoms with van der Waals surface area (Å²) in [6.45, 7) is 8.98. The number of benzene rings is 1. The van der Waals surface area contributed by atoms with E-state index in [0.717, 1.165) is 49.0 Å². The monoisotopic (exact) mass is 521 g/mol. The van der Waals surface area contributed by atoms with Crippen LogP contribution in [-0.4, -0.2) is 31.1 Å². The largest absolute Gasteiger partial charge is 0.465 e. The Balaban J connectivity index is 1.59. The summed E-state index contributed by atoms with van der Waals surface area (Å²) in [6, 6.07) is 12.1. The number of methoxy groups -OCH3 is 1. The second kappa shape index (κ2) is 11.8. The maximum Gasteiger partial charge on any atom is 0.350 e. The van der Waals surface area contributed by atoms with Crippen molar-refractivity contribution < 1.29 is 19.1 Å². The Morgan fingerprint density at radius 1 is 1.08 bits per heavy atom. The van der Waals surface area contributed by atoms with E-state index in [9.17, 15) is 9.59 Å². The van der Waals surface area contributed by atoms with Crippen LogP contribution >= 0.6 is 11.3 Å². The van der Waals surface area contributed by atoms with Crippen molar-refractivity contribution in [3.8, 4) is 11.8 Å². The molecule has 2 aromatic rings. The maximum atomic E-state index is 14.0. The molecule has 1 heterocycles. The van der Waals surface area contributed by atoms with Crippen LogP contribution in [0.2, 0.25) is 0 Å². The van der Waals surface area contributed by atoms with Gasteiger partial charge in [0.05, 0.1) is 30.4 Å². The lowest BCUT2D eigenvalue weighted by Gasteiger charge is -2.44. The first-order chi connectivity index (χ1) is 17.6.